The third kappa shape index (κ3) is 7.82. The smallest absolute Gasteiger partial charge is 0.303 e. The number of carbonyl (C=O) groups is 4. The lowest BCUT2D eigenvalue weighted by molar-refractivity contribution is -0.211. The molecule has 0 aliphatic carbocycles. The summed E-state index contributed by atoms with van der Waals surface area (Å²) < 4.78 is 22.9. The molecule has 1 aromatic carbocycles. The highest BCUT2D eigenvalue weighted by molar-refractivity contribution is 9.10. The SMILES string of the molecule is CC(=O)NC1C(Sc2ccc(Br)cc2)OC(COC(C)=O)C(OC(C)=O)C1OC(C)=O. The van der Waals surface area contributed by atoms with Gasteiger partial charge in [-0.05, 0) is 24.3 Å². The standard InChI is InChI=1S/C20H24BrNO8S/c1-10(23)22-17-19(29-13(4)26)18(28-12(3)25)16(9-27-11(2)24)30-20(17)31-15-7-5-14(21)6-8-15/h5-8,16-20H,9H2,1-4H3,(H,22,23). The summed E-state index contributed by atoms with van der Waals surface area (Å²) in [5.74, 6) is -2.19. The first-order valence-electron chi connectivity index (χ1n) is 9.39. The first kappa shape index (κ1) is 25.2. The number of benzene rings is 1. The maximum absolute atomic E-state index is 11.9. The molecule has 1 aliphatic rings. The molecule has 1 aliphatic heterocycles. The number of carbonyl (C=O) groups excluding carboxylic acids is 4. The third-order valence-electron chi connectivity index (χ3n) is 4.14. The van der Waals surface area contributed by atoms with Crippen molar-refractivity contribution in [3.8, 4) is 0 Å². The van der Waals surface area contributed by atoms with Gasteiger partial charge in [-0.25, -0.2) is 0 Å². The Bertz CT molecular complexity index is 818. The van der Waals surface area contributed by atoms with Crippen LogP contribution in [0.3, 0.4) is 0 Å². The van der Waals surface area contributed by atoms with Crippen LogP contribution in [0, 0.1) is 0 Å². The van der Waals surface area contributed by atoms with Crippen LogP contribution in [0.15, 0.2) is 33.6 Å². The summed E-state index contributed by atoms with van der Waals surface area (Å²) in [7, 11) is 0. The molecule has 170 valence electrons. The van der Waals surface area contributed by atoms with Crippen LogP contribution < -0.4 is 5.32 Å². The predicted molar refractivity (Wildman–Crippen MR) is 114 cm³/mol. The highest BCUT2D eigenvalue weighted by atomic mass is 79.9. The fourth-order valence-corrected chi connectivity index (χ4v) is 4.43. The lowest BCUT2D eigenvalue weighted by Gasteiger charge is -2.45. The van der Waals surface area contributed by atoms with Gasteiger partial charge in [0.25, 0.3) is 0 Å². The molecule has 0 bridgehead atoms. The molecular weight excluding hydrogens is 494 g/mol. The van der Waals surface area contributed by atoms with Crippen molar-refractivity contribution in [2.45, 2.75) is 62.4 Å². The molecule has 11 heteroatoms. The molecule has 1 amide bonds. The van der Waals surface area contributed by atoms with Crippen LogP contribution in [0.2, 0.25) is 0 Å². The zero-order valence-corrected chi connectivity index (χ0v) is 19.9. The second kappa shape index (κ2) is 11.5. The van der Waals surface area contributed by atoms with Gasteiger partial charge in [-0.15, -0.1) is 0 Å². The molecule has 1 N–H and O–H groups in total. The first-order chi connectivity index (χ1) is 14.6. The first-order valence-corrected chi connectivity index (χ1v) is 11.1. The molecule has 0 spiro atoms. The molecule has 1 aromatic rings. The lowest BCUT2D eigenvalue weighted by Crippen LogP contribution is -2.65. The third-order valence-corrected chi connectivity index (χ3v) is 5.85. The summed E-state index contributed by atoms with van der Waals surface area (Å²) in [5, 5.41) is 2.74. The van der Waals surface area contributed by atoms with Crippen LogP contribution in [0.25, 0.3) is 0 Å². The molecule has 2 rings (SSSR count). The molecule has 0 radical (unpaired) electrons. The number of halogens is 1. The van der Waals surface area contributed by atoms with E-state index in [1.165, 1.54) is 39.5 Å². The second-order valence-corrected chi connectivity index (χ2v) is 8.88. The van der Waals surface area contributed by atoms with E-state index in [2.05, 4.69) is 21.2 Å². The van der Waals surface area contributed by atoms with E-state index >= 15 is 0 Å². The van der Waals surface area contributed by atoms with E-state index in [0.717, 1.165) is 9.37 Å². The normalized spacial score (nSPS) is 25.3. The largest absolute Gasteiger partial charge is 0.463 e. The molecule has 0 aromatic heterocycles. The van der Waals surface area contributed by atoms with E-state index in [1.54, 1.807) is 0 Å². The number of hydrogen-bond acceptors (Lipinski definition) is 9. The van der Waals surface area contributed by atoms with Gasteiger partial charge in [-0.2, -0.15) is 0 Å². The van der Waals surface area contributed by atoms with Crippen molar-refractivity contribution in [1.29, 1.82) is 0 Å². The van der Waals surface area contributed by atoms with Crippen molar-refractivity contribution in [3.63, 3.8) is 0 Å². The van der Waals surface area contributed by atoms with Crippen molar-refractivity contribution >= 4 is 51.5 Å². The minimum atomic E-state index is -1.10. The number of thioether (sulfide) groups is 1. The van der Waals surface area contributed by atoms with Crippen LogP contribution in [-0.2, 0) is 38.1 Å². The van der Waals surface area contributed by atoms with E-state index in [1.807, 2.05) is 24.3 Å². The van der Waals surface area contributed by atoms with Gasteiger partial charge < -0.3 is 24.3 Å². The zero-order chi connectivity index (χ0) is 23.1. The van der Waals surface area contributed by atoms with Gasteiger partial charge in [0.15, 0.2) is 12.2 Å². The predicted octanol–water partition coefficient (Wildman–Crippen LogP) is 2.20. The average molecular weight is 518 g/mol. The Morgan fingerprint density at radius 3 is 2.06 bits per heavy atom. The van der Waals surface area contributed by atoms with E-state index < -0.39 is 47.7 Å². The molecule has 1 fully saturated rings. The Labute approximate surface area is 192 Å². The number of nitrogens with one attached hydrogen (secondary N) is 1. The van der Waals surface area contributed by atoms with Crippen LogP contribution in [0.5, 0.6) is 0 Å². The van der Waals surface area contributed by atoms with Crippen LogP contribution in [-0.4, -0.2) is 60.2 Å². The van der Waals surface area contributed by atoms with Crippen LogP contribution in [0.4, 0.5) is 0 Å². The van der Waals surface area contributed by atoms with Gasteiger partial charge >= 0.3 is 17.9 Å². The molecule has 1 heterocycles. The van der Waals surface area contributed by atoms with Crippen LogP contribution >= 0.6 is 27.7 Å². The van der Waals surface area contributed by atoms with Crippen molar-refractivity contribution in [2.75, 3.05) is 6.61 Å². The summed E-state index contributed by atoms with van der Waals surface area (Å²) in [6, 6.07) is 6.56. The number of rotatable bonds is 7. The molecule has 9 nitrogen and oxygen atoms in total. The van der Waals surface area contributed by atoms with Crippen molar-refractivity contribution in [1.82, 2.24) is 5.32 Å². The Hall–Kier alpha value is -2.11. The van der Waals surface area contributed by atoms with E-state index in [4.69, 9.17) is 18.9 Å². The van der Waals surface area contributed by atoms with Crippen molar-refractivity contribution in [2.24, 2.45) is 0 Å². The number of amides is 1. The molecule has 0 saturated carbocycles. The number of esters is 3. The maximum Gasteiger partial charge on any atom is 0.303 e. The monoisotopic (exact) mass is 517 g/mol. The van der Waals surface area contributed by atoms with Gasteiger partial charge in [-0.1, -0.05) is 27.7 Å². The molecular formula is C20H24BrNO8S. The summed E-state index contributed by atoms with van der Waals surface area (Å²) in [4.78, 5) is 47.7. The average Bonchev–Trinajstić information content (AvgIpc) is 2.65. The Morgan fingerprint density at radius 1 is 0.968 bits per heavy atom. The summed E-state index contributed by atoms with van der Waals surface area (Å²) in [6.07, 6.45) is -3.08. The minimum Gasteiger partial charge on any atom is -0.463 e. The van der Waals surface area contributed by atoms with Crippen molar-refractivity contribution in [3.05, 3.63) is 28.7 Å². The quantitative estimate of drug-likeness (QED) is 0.428. The van der Waals surface area contributed by atoms with Gasteiger partial charge in [0.2, 0.25) is 5.91 Å². The Balaban J connectivity index is 2.43. The minimum absolute atomic E-state index is 0.227. The molecule has 5 unspecified atom stereocenters. The summed E-state index contributed by atoms with van der Waals surface area (Å²) in [6.45, 7) is 4.74. The fraction of sp³-hybridized carbons (Fsp3) is 0.500. The van der Waals surface area contributed by atoms with E-state index in [-0.39, 0.29) is 12.5 Å². The summed E-state index contributed by atoms with van der Waals surface area (Å²) >= 11 is 4.66. The van der Waals surface area contributed by atoms with E-state index in [9.17, 15) is 19.2 Å². The Morgan fingerprint density at radius 2 is 1.55 bits per heavy atom. The van der Waals surface area contributed by atoms with Crippen LogP contribution in [0.1, 0.15) is 27.7 Å². The highest BCUT2D eigenvalue weighted by Crippen LogP contribution is 2.36. The second-order valence-electron chi connectivity index (χ2n) is 6.79. The maximum atomic E-state index is 11.9. The lowest BCUT2D eigenvalue weighted by atomic mass is 9.97. The van der Waals surface area contributed by atoms with Crippen molar-refractivity contribution < 1.29 is 38.1 Å². The molecule has 31 heavy (non-hydrogen) atoms. The van der Waals surface area contributed by atoms with E-state index in [0.29, 0.717) is 0 Å². The zero-order valence-electron chi connectivity index (χ0n) is 17.5. The number of ether oxygens (including phenoxy) is 4. The Kier molecular flexibility index (Phi) is 9.32. The van der Waals surface area contributed by atoms with Gasteiger partial charge in [0, 0.05) is 37.1 Å². The molecule has 1 saturated heterocycles. The topological polar surface area (TPSA) is 117 Å². The summed E-state index contributed by atoms with van der Waals surface area (Å²) in [5.41, 5.74) is -0.734. The highest BCUT2D eigenvalue weighted by Gasteiger charge is 2.51. The number of hydrogen-bond donors (Lipinski definition) is 1. The van der Waals surface area contributed by atoms with Gasteiger partial charge in [-0.3, -0.25) is 19.2 Å². The van der Waals surface area contributed by atoms with Gasteiger partial charge in [0.1, 0.15) is 24.2 Å². The fourth-order valence-electron chi connectivity index (χ4n) is 3.04. The molecule has 5 atom stereocenters. The van der Waals surface area contributed by atoms with Gasteiger partial charge in [0.05, 0.1) is 0 Å².